The minimum Gasteiger partial charge on any atom is -0.493 e. The molecule has 8 heteroatoms. The van der Waals surface area contributed by atoms with E-state index >= 15 is 0 Å². The second-order valence-corrected chi connectivity index (χ2v) is 7.82. The molecule has 0 bridgehead atoms. The standard InChI is InChI=1S/C23H35N5O2.HI/c1-5-30-22-14-18(8-9-21(22)29-4)7-6-11-25-23(24-2)28-12-10-19(17-28)13-20-15-26-27(3)16-20;/h8-9,14-16,19H,5-7,10-13,17H2,1-4H3,(H,24,25);1H. The Morgan fingerprint density at radius 1 is 1.29 bits per heavy atom. The summed E-state index contributed by atoms with van der Waals surface area (Å²) < 4.78 is 12.9. The zero-order valence-electron chi connectivity index (χ0n) is 19.1. The molecule has 1 N–H and O–H groups in total. The molecule has 0 saturated carbocycles. The van der Waals surface area contributed by atoms with Crippen molar-refractivity contribution < 1.29 is 9.47 Å². The van der Waals surface area contributed by atoms with Crippen molar-refractivity contribution in [2.24, 2.45) is 18.0 Å². The van der Waals surface area contributed by atoms with Gasteiger partial charge in [-0.3, -0.25) is 9.67 Å². The van der Waals surface area contributed by atoms with Gasteiger partial charge in [0.05, 0.1) is 19.9 Å². The van der Waals surface area contributed by atoms with E-state index in [0.717, 1.165) is 56.4 Å². The number of halogens is 1. The van der Waals surface area contributed by atoms with E-state index in [1.54, 1.807) is 7.11 Å². The minimum absolute atomic E-state index is 0. The number of likely N-dealkylation sites (tertiary alicyclic amines) is 1. The first kappa shape index (κ1) is 25.3. The Bertz CT molecular complexity index is 839. The van der Waals surface area contributed by atoms with Gasteiger partial charge in [0.15, 0.2) is 17.5 Å². The molecule has 1 saturated heterocycles. The number of ether oxygens (including phenoxy) is 2. The van der Waals surface area contributed by atoms with Crippen molar-refractivity contribution in [2.75, 3.05) is 40.4 Å². The lowest BCUT2D eigenvalue weighted by Crippen LogP contribution is -2.40. The van der Waals surface area contributed by atoms with E-state index in [-0.39, 0.29) is 24.0 Å². The maximum Gasteiger partial charge on any atom is 0.193 e. The number of nitrogens with one attached hydrogen (secondary N) is 1. The lowest BCUT2D eigenvalue weighted by Gasteiger charge is -2.21. The molecule has 7 nitrogen and oxygen atoms in total. The van der Waals surface area contributed by atoms with Crippen LogP contribution in [0.3, 0.4) is 0 Å². The van der Waals surface area contributed by atoms with E-state index < -0.39 is 0 Å². The molecule has 1 aliphatic rings. The lowest BCUT2D eigenvalue weighted by atomic mass is 10.0. The van der Waals surface area contributed by atoms with E-state index in [9.17, 15) is 0 Å². The van der Waals surface area contributed by atoms with Crippen LogP contribution in [0.1, 0.15) is 30.9 Å². The average molecular weight is 541 g/mol. The van der Waals surface area contributed by atoms with Crippen molar-refractivity contribution >= 4 is 29.9 Å². The van der Waals surface area contributed by atoms with Crippen LogP contribution in [-0.2, 0) is 19.9 Å². The van der Waals surface area contributed by atoms with Crippen molar-refractivity contribution in [3.8, 4) is 11.5 Å². The SMILES string of the molecule is CCOc1cc(CCCNC(=NC)N2CCC(Cc3cnn(C)c3)C2)ccc1OC.I. The smallest absolute Gasteiger partial charge is 0.193 e. The van der Waals surface area contributed by atoms with Gasteiger partial charge in [-0.1, -0.05) is 6.07 Å². The zero-order valence-corrected chi connectivity index (χ0v) is 21.5. The number of hydrogen-bond acceptors (Lipinski definition) is 4. The Balaban J connectivity index is 0.00000341. The molecule has 0 radical (unpaired) electrons. The summed E-state index contributed by atoms with van der Waals surface area (Å²) in [5.74, 6) is 3.27. The maximum absolute atomic E-state index is 5.68. The van der Waals surface area contributed by atoms with Gasteiger partial charge in [-0.15, -0.1) is 24.0 Å². The van der Waals surface area contributed by atoms with Crippen molar-refractivity contribution in [3.63, 3.8) is 0 Å². The highest BCUT2D eigenvalue weighted by Crippen LogP contribution is 2.28. The quantitative estimate of drug-likeness (QED) is 0.228. The molecule has 1 aliphatic heterocycles. The molecule has 1 fully saturated rings. The van der Waals surface area contributed by atoms with E-state index in [1.165, 1.54) is 17.5 Å². The molecule has 1 aromatic carbocycles. The number of guanidine groups is 1. The molecule has 1 unspecified atom stereocenters. The molecular formula is C23H36IN5O2. The average Bonchev–Trinajstić information content (AvgIpc) is 3.37. The van der Waals surface area contributed by atoms with Crippen LogP contribution in [0.25, 0.3) is 0 Å². The highest BCUT2D eigenvalue weighted by molar-refractivity contribution is 14.0. The Kier molecular flexibility index (Phi) is 10.4. The lowest BCUT2D eigenvalue weighted by molar-refractivity contribution is 0.310. The Morgan fingerprint density at radius 2 is 2.13 bits per heavy atom. The second-order valence-electron chi connectivity index (χ2n) is 7.82. The monoisotopic (exact) mass is 541 g/mol. The number of benzene rings is 1. The van der Waals surface area contributed by atoms with Gasteiger partial charge in [-0.2, -0.15) is 5.10 Å². The Labute approximate surface area is 203 Å². The zero-order chi connectivity index (χ0) is 21.3. The van der Waals surface area contributed by atoms with E-state index in [4.69, 9.17) is 9.47 Å². The van der Waals surface area contributed by atoms with Gasteiger partial charge in [0.1, 0.15) is 0 Å². The first-order chi connectivity index (χ1) is 14.6. The molecule has 0 amide bonds. The summed E-state index contributed by atoms with van der Waals surface area (Å²) in [7, 11) is 5.52. The molecule has 2 aromatic rings. The third-order valence-corrected chi connectivity index (χ3v) is 5.53. The second kappa shape index (κ2) is 12.8. The number of aromatic nitrogens is 2. The van der Waals surface area contributed by atoms with Crippen LogP contribution in [0.5, 0.6) is 11.5 Å². The maximum atomic E-state index is 5.68. The third kappa shape index (κ3) is 7.29. The Hall–Kier alpha value is -1.97. The van der Waals surface area contributed by atoms with Gasteiger partial charge in [-0.25, -0.2) is 0 Å². The normalized spacial score (nSPS) is 16.2. The number of aryl methyl sites for hydroxylation is 2. The van der Waals surface area contributed by atoms with E-state index in [1.807, 2.05) is 38.0 Å². The molecule has 1 aromatic heterocycles. The topological polar surface area (TPSA) is 63.9 Å². The van der Waals surface area contributed by atoms with Crippen LogP contribution in [0.2, 0.25) is 0 Å². The van der Waals surface area contributed by atoms with Gasteiger partial charge >= 0.3 is 0 Å². The van der Waals surface area contributed by atoms with E-state index in [2.05, 4.69) is 38.6 Å². The summed E-state index contributed by atoms with van der Waals surface area (Å²) >= 11 is 0. The van der Waals surface area contributed by atoms with Crippen molar-refractivity contribution in [3.05, 3.63) is 41.7 Å². The predicted molar refractivity (Wildman–Crippen MR) is 136 cm³/mol. The van der Waals surface area contributed by atoms with Crippen LogP contribution in [0.15, 0.2) is 35.6 Å². The fourth-order valence-electron chi connectivity index (χ4n) is 4.07. The summed E-state index contributed by atoms with van der Waals surface area (Å²) in [5.41, 5.74) is 2.58. The van der Waals surface area contributed by atoms with Crippen LogP contribution < -0.4 is 14.8 Å². The molecular weight excluding hydrogens is 505 g/mol. The van der Waals surface area contributed by atoms with Gasteiger partial charge in [0.25, 0.3) is 0 Å². The van der Waals surface area contributed by atoms with E-state index in [0.29, 0.717) is 12.5 Å². The number of aliphatic imine (C=N–C) groups is 1. The highest BCUT2D eigenvalue weighted by atomic mass is 127. The number of nitrogens with zero attached hydrogens (tertiary/aromatic N) is 4. The number of rotatable bonds is 9. The largest absolute Gasteiger partial charge is 0.493 e. The van der Waals surface area contributed by atoms with Gasteiger partial charge in [0.2, 0.25) is 0 Å². The molecule has 3 rings (SSSR count). The van der Waals surface area contributed by atoms with Crippen molar-refractivity contribution in [1.29, 1.82) is 0 Å². The molecule has 1 atom stereocenters. The van der Waals surface area contributed by atoms with Crippen molar-refractivity contribution in [1.82, 2.24) is 20.0 Å². The van der Waals surface area contributed by atoms with Crippen LogP contribution in [0.4, 0.5) is 0 Å². The fraction of sp³-hybridized carbons (Fsp3) is 0.565. The first-order valence-corrected chi connectivity index (χ1v) is 10.9. The molecule has 31 heavy (non-hydrogen) atoms. The predicted octanol–water partition coefficient (Wildman–Crippen LogP) is 3.52. The summed E-state index contributed by atoms with van der Waals surface area (Å²) in [4.78, 5) is 6.88. The van der Waals surface area contributed by atoms with Gasteiger partial charge < -0.3 is 19.7 Å². The fourth-order valence-corrected chi connectivity index (χ4v) is 4.07. The van der Waals surface area contributed by atoms with Gasteiger partial charge in [0, 0.05) is 39.9 Å². The summed E-state index contributed by atoms with van der Waals surface area (Å²) in [6, 6.07) is 6.18. The number of methoxy groups -OCH3 is 1. The Morgan fingerprint density at radius 3 is 2.81 bits per heavy atom. The third-order valence-electron chi connectivity index (χ3n) is 5.53. The summed E-state index contributed by atoms with van der Waals surface area (Å²) in [6.07, 6.45) is 8.39. The molecule has 0 spiro atoms. The molecule has 172 valence electrons. The van der Waals surface area contributed by atoms with Gasteiger partial charge in [-0.05, 0) is 61.8 Å². The number of hydrogen-bond donors (Lipinski definition) is 1. The van der Waals surface area contributed by atoms with Crippen LogP contribution in [-0.4, -0.2) is 61.0 Å². The first-order valence-electron chi connectivity index (χ1n) is 10.9. The summed E-state index contributed by atoms with van der Waals surface area (Å²) in [5, 5.41) is 7.82. The van der Waals surface area contributed by atoms with Crippen molar-refractivity contribution in [2.45, 2.75) is 32.6 Å². The molecule has 2 heterocycles. The molecule has 0 aliphatic carbocycles. The highest BCUT2D eigenvalue weighted by Gasteiger charge is 2.25. The van der Waals surface area contributed by atoms with Crippen LogP contribution >= 0.6 is 24.0 Å². The van der Waals surface area contributed by atoms with Crippen LogP contribution in [0, 0.1) is 5.92 Å². The summed E-state index contributed by atoms with van der Waals surface area (Å²) in [6.45, 7) is 5.62. The minimum atomic E-state index is 0.